The molecule has 1 aromatic rings. The highest BCUT2D eigenvalue weighted by Gasteiger charge is 1.99. The summed E-state index contributed by atoms with van der Waals surface area (Å²) in [6.07, 6.45) is 8.11. The Labute approximate surface area is 99.6 Å². The number of hydrogen-bond acceptors (Lipinski definition) is 2. The second-order valence-electron chi connectivity index (χ2n) is 3.49. The third-order valence-corrected chi connectivity index (χ3v) is 1.89. The number of aromatic nitrogens is 1. The fourth-order valence-corrected chi connectivity index (χ4v) is 1.16. The number of nitrogens with zero attached hydrogens (tertiary/aromatic N) is 3. The molecule has 0 unspecified atom stereocenters. The first-order chi connectivity index (χ1) is 7.68. The van der Waals surface area contributed by atoms with Crippen molar-refractivity contribution in [1.82, 2.24) is 9.80 Å². The molecule has 0 atom stereocenters. The lowest BCUT2D eigenvalue weighted by Gasteiger charge is -2.10. The van der Waals surface area contributed by atoms with E-state index < -0.39 is 0 Å². The maximum absolute atomic E-state index is 2.12. The second-order valence-corrected chi connectivity index (χ2v) is 3.49. The van der Waals surface area contributed by atoms with Crippen molar-refractivity contribution in [2.24, 2.45) is 7.05 Å². The highest BCUT2D eigenvalue weighted by Crippen LogP contribution is 1.97. The van der Waals surface area contributed by atoms with E-state index in [1.807, 2.05) is 56.1 Å². The van der Waals surface area contributed by atoms with E-state index in [1.165, 1.54) is 0 Å². The fraction of sp³-hybridized carbons (Fsp3) is 0.462. The van der Waals surface area contributed by atoms with Gasteiger partial charge in [-0.25, -0.2) is 4.57 Å². The minimum Gasteiger partial charge on any atom is -0.362 e. The molecule has 0 saturated heterocycles. The van der Waals surface area contributed by atoms with Gasteiger partial charge in [-0.05, 0) is 0 Å². The Morgan fingerprint density at radius 2 is 1.31 bits per heavy atom. The van der Waals surface area contributed by atoms with E-state index in [4.69, 9.17) is 0 Å². The van der Waals surface area contributed by atoms with Gasteiger partial charge in [0.1, 0.15) is 7.05 Å². The highest BCUT2D eigenvalue weighted by atomic mass is 15.3. The molecule has 0 saturated carbocycles. The number of pyridine rings is 1. The molecule has 0 spiro atoms. The van der Waals surface area contributed by atoms with Gasteiger partial charge in [0.15, 0.2) is 12.4 Å². The lowest BCUT2D eigenvalue weighted by atomic mass is 10.5. The molecule has 3 heteroatoms. The van der Waals surface area contributed by atoms with Crippen molar-refractivity contribution in [2.75, 3.05) is 20.8 Å². The van der Waals surface area contributed by atoms with Crippen LogP contribution in [-0.2, 0) is 7.05 Å². The number of rotatable bonds is 0. The van der Waals surface area contributed by atoms with Crippen LogP contribution in [0.15, 0.2) is 43.0 Å². The molecule has 2 heterocycles. The van der Waals surface area contributed by atoms with Crippen LogP contribution in [0.1, 0.15) is 13.8 Å². The van der Waals surface area contributed by atoms with E-state index in [9.17, 15) is 0 Å². The summed E-state index contributed by atoms with van der Waals surface area (Å²) in [4.78, 5) is 4.25. The van der Waals surface area contributed by atoms with E-state index >= 15 is 0 Å². The number of hydrogen-bond donors (Lipinski definition) is 0. The van der Waals surface area contributed by atoms with Gasteiger partial charge < -0.3 is 9.80 Å². The van der Waals surface area contributed by atoms with Gasteiger partial charge in [-0.2, -0.15) is 0 Å². The van der Waals surface area contributed by atoms with Crippen LogP contribution in [0.5, 0.6) is 0 Å². The number of aryl methyl sites for hydroxylation is 1. The van der Waals surface area contributed by atoms with Gasteiger partial charge in [0.25, 0.3) is 0 Å². The summed E-state index contributed by atoms with van der Waals surface area (Å²) in [5.74, 6) is 0. The van der Waals surface area contributed by atoms with E-state index in [0.29, 0.717) is 0 Å². The van der Waals surface area contributed by atoms with Crippen LogP contribution >= 0.6 is 0 Å². The van der Waals surface area contributed by atoms with Crippen LogP contribution in [0.3, 0.4) is 0 Å². The van der Waals surface area contributed by atoms with Crippen LogP contribution in [-0.4, -0.2) is 30.6 Å². The Morgan fingerprint density at radius 3 is 1.50 bits per heavy atom. The fourth-order valence-electron chi connectivity index (χ4n) is 1.16. The first-order valence-electron chi connectivity index (χ1n) is 5.67. The van der Waals surface area contributed by atoms with Crippen LogP contribution in [0, 0.1) is 0 Å². The monoisotopic (exact) mass is 222 g/mol. The highest BCUT2D eigenvalue weighted by molar-refractivity contribution is 4.86. The molecule has 1 aromatic heterocycles. The topological polar surface area (TPSA) is 10.4 Å². The molecule has 3 nitrogen and oxygen atoms in total. The van der Waals surface area contributed by atoms with Crippen LogP contribution < -0.4 is 4.57 Å². The zero-order chi connectivity index (χ0) is 12.4. The average Bonchev–Trinajstić information content (AvgIpc) is 2.67. The Bertz CT molecular complexity index is 272. The van der Waals surface area contributed by atoms with Crippen molar-refractivity contribution in [3.8, 4) is 0 Å². The van der Waals surface area contributed by atoms with Crippen molar-refractivity contribution in [3.63, 3.8) is 0 Å². The summed E-state index contributed by atoms with van der Waals surface area (Å²) < 4.78 is 2.00. The van der Waals surface area contributed by atoms with E-state index in [0.717, 1.165) is 6.67 Å². The van der Waals surface area contributed by atoms with E-state index in [-0.39, 0.29) is 0 Å². The predicted octanol–water partition coefficient (Wildman–Crippen LogP) is 1.83. The molecule has 16 heavy (non-hydrogen) atoms. The molecule has 0 bridgehead atoms. The zero-order valence-electron chi connectivity index (χ0n) is 11.1. The van der Waals surface area contributed by atoms with Crippen molar-refractivity contribution < 1.29 is 4.57 Å². The molecular formula is C13H24N3+. The van der Waals surface area contributed by atoms with Gasteiger partial charge in [0, 0.05) is 38.6 Å². The summed E-state index contributed by atoms with van der Waals surface area (Å²) in [5.41, 5.74) is 0. The van der Waals surface area contributed by atoms with Gasteiger partial charge in [-0.1, -0.05) is 19.9 Å². The Morgan fingerprint density at radius 1 is 0.875 bits per heavy atom. The minimum atomic E-state index is 1.03. The lowest BCUT2D eigenvalue weighted by Crippen LogP contribution is -2.25. The van der Waals surface area contributed by atoms with Crippen molar-refractivity contribution >= 4 is 0 Å². The van der Waals surface area contributed by atoms with Gasteiger partial charge in [-0.3, -0.25) is 0 Å². The van der Waals surface area contributed by atoms with Gasteiger partial charge in [0.05, 0.1) is 6.67 Å². The summed E-state index contributed by atoms with van der Waals surface area (Å²) in [5, 5.41) is 0. The maximum atomic E-state index is 2.12. The summed E-state index contributed by atoms with van der Waals surface area (Å²) >= 11 is 0. The van der Waals surface area contributed by atoms with E-state index in [1.54, 1.807) is 0 Å². The van der Waals surface area contributed by atoms with Gasteiger partial charge in [-0.15, -0.1) is 0 Å². The zero-order valence-corrected chi connectivity index (χ0v) is 11.1. The first-order valence-corrected chi connectivity index (χ1v) is 5.67. The van der Waals surface area contributed by atoms with Crippen LogP contribution in [0.4, 0.5) is 0 Å². The molecule has 0 radical (unpaired) electrons. The normalized spacial score (nSPS) is 12.6. The largest absolute Gasteiger partial charge is 0.362 e. The van der Waals surface area contributed by atoms with Gasteiger partial charge in [0.2, 0.25) is 0 Å². The van der Waals surface area contributed by atoms with E-state index in [2.05, 4.69) is 36.3 Å². The van der Waals surface area contributed by atoms with Gasteiger partial charge >= 0.3 is 0 Å². The Kier molecular flexibility index (Phi) is 7.94. The van der Waals surface area contributed by atoms with Crippen molar-refractivity contribution in [1.29, 1.82) is 0 Å². The quantitative estimate of drug-likeness (QED) is 0.620. The smallest absolute Gasteiger partial charge is 0.168 e. The summed E-state index contributed by atoms with van der Waals surface area (Å²) in [7, 11) is 6.11. The molecule has 2 rings (SSSR count). The maximum Gasteiger partial charge on any atom is 0.168 e. The molecule has 1 aliphatic heterocycles. The molecule has 0 N–H and O–H groups in total. The Hall–Kier alpha value is -1.51. The first kappa shape index (κ1) is 14.5. The standard InChI is InChI=1S/C6H8N.C5H10N2.C2H6/c1-7-5-3-2-4-6-7;1-6-3-4-7(2)5-6;1-2/h2-6H,1H3;3-4H,5H2,1-2H3;1-2H3/q+1;;. The van der Waals surface area contributed by atoms with Crippen molar-refractivity contribution in [2.45, 2.75) is 13.8 Å². The Balaban J connectivity index is 0.000000244. The second kappa shape index (κ2) is 8.77. The molecule has 0 amide bonds. The summed E-state index contributed by atoms with van der Waals surface area (Å²) in [6.45, 7) is 5.03. The van der Waals surface area contributed by atoms with Crippen LogP contribution in [0.25, 0.3) is 0 Å². The average molecular weight is 222 g/mol. The molecule has 1 aliphatic rings. The predicted molar refractivity (Wildman–Crippen MR) is 68.5 cm³/mol. The minimum absolute atomic E-state index is 1.03. The van der Waals surface area contributed by atoms with Crippen LogP contribution in [0.2, 0.25) is 0 Å². The lowest BCUT2D eigenvalue weighted by molar-refractivity contribution is -0.671. The molecule has 0 aromatic carbocycles. The third-order valence-electron chi connectivity index (χ3n) is 1.89. The molecule has 90 valence electrons. The molecular weight excluding hydrogens is 198 g/mol. The van der Waals surface area contributed by atoms with Crippen molar-refractivity contribution in [3.05, 3.63) is 43.0 Å². The summed E-state index contributed by atoms with van der Waals surface area (Å²) in [6, 6.07) is 6.00. The molecule has 0 fully saturated rings. The molecule has 0 aliphatic carbocycles. The SMILES string of the molecule is CC.CN1C=CN(C)C1.C[n+]1ccccc1. The third kappa shape index (κ3) is 6.87.